The minimum Gasteiger partial charge on any atom is -0.497 e. The van der Waals surface area contributed by atoms with Gasteiger partial charge in [0, 0.05) is 23.7 Å². The Hall–Kier alpha value is -1.39. The number of nitrogens with one attached hydrogen (secondary N) is 1. The second-order valence-electron chi connectivity index (χ2n) is 4.26. The van der Waals surface area contributed by atoms with Gasteiger partial charge in [-0.3, -0.25) is 0 Å². The van der Waals surface area contributed by atoms with Crippen LogP contribution in [0.5, 0.6) is 5.75 Å². The summed E-state index contributed by atoms with van der Waals surface area (Å²) in [6.45, 7) is 4.99. The quantitative estimate of drug-likeness (QED) is 0.897. The smallest absolute Gasteiger partial charge is 0.118 e. The second kappa shape index (κ2) is 5.98. The van der Waals surface area contributed by atoms with E-state index < -0.39 is 0 Å². The maximum atomic E-state index is 5.15. The van der Waals surface area contributed by atoms with Gasteiger partial charge < -0.3 is 10.1 Å². The molecule has 1 aromatic heterocycles. The van der Waals surface area contributed by atoms with E-state index in [0.717, 1.165) is 23.0 Å². The third-order valence-corrected chi connectivity index (χ3v) is 3.81. The predicted molar refractivity (Wildman–Crippen MR) is 75.1 cm³/mol. The maximum Gasteiger partial charge on any atom is 0.118 e. The van der Waals surface area contributed by atoms with Crippen molar-refractivity contribution in [3.8, 4) is 5.75 Å². The Kier molecular flexibility index (Phi) is 4.33. The van der Waals surface area contributed by atoms with E-state index in [2.05, 4.69) is 34.7 Å². The molecule has 1 aromatic carbocycles. The molecular weight excluding hydrogens is 244 g/mol. The molecule has 0 saturated carbocycles. The zero-order chi connectivity index (χ0) is 13.0. The van der Waals surface area contributed by atoms with Crippen LogP contribution in [0, 0.1) is 6.92 Å². The van der Waals surface area contributed by atoms with Gasteiger partial charge in [0.25, 0.3) is 0 Å². The van der Waals surface area contributed by atoms with Crippen molar-refractivity contribution >= 4 is 11.3 Å². The zero-order valence-corrected chi connectivity index (χ0v) is 11.8. The number of hydrogen-bond donors (Lipinski definition) is 1. The minimum atomic E-state index is 0.306. The second-order valence-corrected chi connectivity index (χ2v) is 5.20. The molecule has 1 atom stereocenters. The van der Waals surface area contributed by atoms with Crippen molar-refractivity contribution < 1.29 is 4.74 Å². The molecule has 0 aliphatic carbocycles. The summed E-state index contributed by atoms with van der Waals surface area (Å²) in [7, 11) is 1.68. The van der Waals surface area contributed by atoms with Crippen LogP contribution in [0.1, 0.15) is 29.2 Å². The highest BCUT2D eigenvalue weighted by Gasteiger charge is 2.06. The average molecular weight is 262 g/mol. The topological polar surface area (TPSA) is 34.1 Å². The summed E-state index contributed by atoms with van der Waals surface area (Å²) >= 11 is 1.70. The van der Waals surface area contributed by atoms with Crippen molar-refractivity contribution in [1.82, 2.24) is 10.3 Å². The summed E-state index contributed by atoms with van der Waals surface area (Å²) in [5.74, 6) is 0.890. The average Bonchev–Trinajstić information content (AvgIpc) is 2.82. The fraction of sp³-hybridized carbons (Fsp3) is 0.357. The van der Waals surface area contributed by atoms with E-state index in [0.29, 0.717) is 6.04 Å². The van der Waals surface area contributed by atoms with Gasteiger partial charge >= 0.3 is 0 Å². The van der Waals surface area contributed by atoms with Crippen molar-refractivity contribution in [3.63, 3.8) is 0 Å². The standard InChI is InChI=1S/C14H18N2OS/c1-10-9-18-14(16-10)8-15-11(2)12-4-6-13(17-3)7-5-12/h4-7,9,11,15H,8H2,1-3H3/t11-/m0/s1. The Labute approximate surface area is 112 Å². The number of ether oxygens (including phenoxy) is 1. The monoisotopic (exact) mass is 262 g/mol. The number of benzene rings is 1. The largest absolute Gasteiger partial charge is 0.497 e. The molecule has 0 aliphatic heterocycles. The molecule has 0 bridgehead atoms. The SMILES string of the molecule is COc1ccc([C@H](C)NCc2nc(C)cs2)cc1. The van der Waals surface area contributed by atoms with E-state index in [4.69, 9.17) is 4.74 Å². The molecule has 0 radical (unpaired) electrons. The Morgan fingerprint density at radius 3 is 2.61 bits per heavy atom. The van der Waals surface area contributed by atoms with Crippen LogP contribution in [0.2, 0.25) is 0 Å². The minimum absolute atomic E-state index is 0.306. The lowest BCUT2D eigenvalue weighted by Gasteiger charge is -2.13. The number of methoxy groups -OCH3 is 1. The lowest BCUT2D eigenvalue weighted by molar-refractivity contribution is 0.414. The van der Waals surface area contributed by atoms with Gasteiger partial charge in [0.15, 0.2) is 0 Å². The molecule has 18 heavy (non-hydrogen) atoms. The van der Waals surface area contributed by atoms with Crippen LogP contribution in [-0.2, 0) is 6.54 Å². The van der Waals surface area contributed by atoms with E-state index in [-0.39, 0.29) is 0 Å². The van der Waals surface area contributed by atoms with Gasteiger partial charge in [0.2, 0.25) is 0 Å². The van der Waals surface area contributed by atoms with E-state index in [9.17, 15) is 0 Å². The predicted octanol–water partition coefficient (Wildman–Crippen LogP) is 3.31. The lowest BCUT2D eigenvalue weighted by atomic mass is 10.1. The zero-order valence-electron chi connectivity index (χ0n) is 10.9. The van der Waals surface area contributed by atoms with Crippen LogP contribution < -0.4 is 10.1 Å². The normalized spacial score (nSPS) is 12.4. The molecular formula is C14H18N2OS. The molecule has 0 unspecified atom stereocenters. The number of rotatable bonds is 5. The molecule has 0 spiro atoms. The third kappa shape index (κ3) is 3.31. The van der Waals surface area contributed by atoms with Gasteiger partial charge in [-0.25, -0.2) is 4.98 Å². The van der Waals surface area contributed by atoms with E-state index in [1.807, 2.05) is 19.1 Å². The molecule has 2 rings (SSSR count). The van der Waals surface area contributed by atoms with Crippen LogP contribution in [0.4, 0.5) is 0 Å². The molecule has 96 valence electrons. The van der Waals surface area contributed by atoms with Gasteiger partial charge in [-0.05, 0) is 31.5 Å². The Morgan fingerprint density at radius 1 is 1.33 bits per heavy atom. The number of aromatic nitrogens is 1. The summed E-state index contributed by atoms with van der Waals surface area (Å²) in [6.07, 6.45) is 0. The Balaban J connectivity index is 1.92. The van der Waals surface area contributed by atoms with Gasteiger partial charge in [0.1, 0.15) is 10.8 Å². The maximum absolute atomic E-state index is 5.15. The van der Waals surface area contributed by atoms with Crippen molar-refractivity contribution in [3.05, 3.63) is 45.9 Å². The fourth-order valence-corrected chi connectivity index (χ4v) is 2.46. The van der Waals surface area contributed by atoms with E-state index in [1.165, 1.54) is 5.56 Å². The Morgan fingerprint density at radius 2 is 2.06 bits per heavy atom. The molecule has 0 fully saturated rings. The highest BCUT2D eigenvalue weighted by molar-refractivity contribution is 7.09. The first-order valence-electron chi connectivity index (χ1n) is 5.97. The molecule has 1 N–H and O–H groups in total. The first kappa shape index (κ1) is 13.1. The lowest BCUT2D eigenvalue weighted by Crippen LogP contribution is -2.17. The molecule has 4 heteroatoms. The van der Waals surface area contributed by atoms with Crippen LogP contribution in [0.15, 0.2) is 29.6 Å². The van der Waals surface area contributed by atoms with Crippen molar-refractivity contribution in [1.29, 1.82) is 0 Å². The van der Waals surface area contributed by atoms with Crippen LogP contribution in [0.25, 0.3) is 0 Å². The van der Waals surface area contributed by atoms with Crippen LogP contribution >= 0.6 is 11.3 Å². The van der Waals surface area contributed by atoms with Gasteiger partial charge in [-0.15, -0.1) is 11.3 Å². The van der Waals surface area contributed by atoms with Crippen molar-refractivity contribution in [2.45, 2.75) is 26.4 Å². The van der Waals surface area contributed by atoms with Crippen molar-refractivity contribution in [2.75, 3.05) is 7.11 Å². The molecule has 1 heterocycles. The Bertz CT molecular complexity index is 493. The van der Waals surface area contributed by atoms with Crippen LogP contribution in [0.3, 0.4) is 0 Å². The highest BCUT2D eigenvalue weighted by Crippen LogP contribution is 2.18. The van der Waals surface area contributed by atoms with Gasteiger partial charge in [0.05, 0.1) is 7.11 Å². The molecule has 2 aromatic rings. The summed E-state index contributed by atoms with van der Waals surface area (Å²) in [5.41, 5.74) is 2.35. The molecule has 3 nitrogen and oxygen atoms in total. The number of aryl methyl sites for hydroxylation is 1. The van der Waals surface area contributed by atoms with E-state index >= 15 is 0 Å². The number of hydrogen-bond acceptors (Lipinski definition) is 4. The first-order valence-corrected chi connectivity index (χ1v) is 6.85. The highest BCUT2D eigenvalue weighted by atomic mass is 32.1. The fourth-order valence-electron chi connectivity index (χ4n) is 1.73. The number of thiazole rings is 1. The molecule has 0 amide bonds. The summed E-state index contributed by atoms with van der Waals surface area (Å²) in [6, 6.07) is 8.45. The van der Waals surface area contributed by atoms with Crippen LogP contribution in [-0.4, -0.2) is 12.1 Å². The van der Waals surface area contributed by atoms with Crippen molar-refractivity contribution in [2.24, 2.45) is 0 Å². The summed E-state index contributed by atoms with van der Waals surface area (Å²) in [4.78, 5) is 4.44. The van der Waals surface area contributed by atoms with E-state index in [1.54, 1.807) is 18.4 Å². The van der Waals surface area contributed by atoms with Gasteiger partial charge in [-0.1, -0.05) is 12.1 Å². The summed E-state index contributed by atoms with van der Waals surface area (Å²) in [5, 5.41) is 6.68. The molecule has 0 saturated heterocycles. The summed E-state index contributed by atoms with van der Waals surface area (Å²) < 4.78 is 5.15. The first-order chi connectivity index (χ1) is 8.69. The number of nitrogens with zero attached hydrogens (tertiary/aromatic N) is 1. The van der Waals surface area contributed by atoms with Gasteiger partial charge in [-0.2, -0.15) is 0 Å². The third-order valence-electron chi connectivity index (χ3n) is 2.84. The molecule has 0 aliphatic rings.